The first-order valence-electron chi connectivity index (χ1n) is 12.4. The Bertz CT molecular complexity index is 1900. The van der Waals surface area contributed by atoms with Gasteiger partial charge in [-0.2, -0.15) is 0 Å². The van der Waals surface area contributed by atoms with Crippen LogP contribution in [0.25, 0.3) is 60.7 Å². The molecule has 0 amide bonds. The minimum Gasteiger partial charge on any atom is -0.337 e. The van der Waals surface area contributed by atoms with Crippen molar-refractivity contribution in [2.45, 2.75) is 18.9 Å². The molecule has 3 nitrogen and oxygen atoms in total. The fraction of sp³-hybridized carbons (Fsp3) is 0.0938. The second kappa shape index (κ2) is 7.07. The summed E-state index contributed by atoms with van der Waals surface area (Å²) in [6, 6.07) is 39.7. The van der Waals surface area contributed by atoms with Gasteiger partial charge < -0.3 is 4.57 Å². The number of rotatable bonds is 3. The summed E-state index contributed by atoms with van der Waals surface area (Å²) in [4.78, 5) is 5.13. The molecule has 0 unspecified atom stereocenters. The molecule has 0 saturated heterocycles. The van der Waals surface area contributed by atoms with E-state index in [1.54, 1.807) is 0 Å². The third kappa shape index (κ3) is 2.69. The standard InChI is InChI=1S/C32H23N3/c1-2-9-21(10-3-1)25-13-8-16-30(33-25)35-27-15-7-5-12-24(27)32-29(35)20-19-28-31(32)23-11-4-6-14-26(23)34(28)22-17-18-22/h1-16,19-20,22H,17-18H2. The molecule has 0 atom stereocenters. The minimum absolute atomic E-state index is 0.618. The van der Waals surface area contributed by atoms with Gasteiger partial charge in [-0.15, -0.1) is 0 Å². The molecule has 8 rings (SSSR count). The Hall–Kier alpha value is -4.37. The molecule has 166 valence electrons. The third-order valence-electron chi connectivity index (χ3n) is 7.45. The summed E-state index contributed by atoms with van der Waals surface area (Å²) in [5.41, 5.74) is 7.20. The van der Waals surface area contributed by atoms with Crippen LogP contribution >= 0.6 is 0 Å². The van der Waals surface area contributed by atoms with Gasteiger partial charge in [0.2, 0.25) is 0 Å². The first-order chi connectivity index (χ1) is 17.4. The molecule has 1 saturated carbocycles. The average molecular weight is 450 g/mol. The van der Waals surface area contributed by atoms with Gasteiger partial charge in [0.15, 0.2) is 0 Å². The molecule has 1 aliphatic carbocycles. The van der Waals surface area contributed by atoms with Crippen LogP contribution in [0, 0.1) is 0 Å². The molecule has 0 aliphatic heterocycles. The third-order valence-corrected chi connectivity index (χ3v) is 7.45. The Morgan fingerprint density at radius 3 is 2.00 bits per heavy atom. The number of fused-ring (bicyclic) bond motifs is 7. The van der Waals surface area contributed by atoms with Crippen molar-refractivity contribution < 1.29 is 0 Å². The van der Waals surface area contributed by atoms with E-state index >= 15 is 0 Å². The van der Waals surface area contributed by atoms with E-state index in [2.05, 4.69) is 112 Å². The van der Waals surface area contributed by atoms with Gasteiger partial charge in [-0.3, -0.25) is 4.57 Å². The Kier molecular flexibility index (Phi) is 3.83. The van der Waals surface area contributed by atoms with Gasteiger partial charge in [0.05, 0.1) is 22.2 Å². The molecule has 0 spiro atoms. The molecule has 35 heavy (non-hydrogen) atoms. The van der Waals surface area contributed by atoms with Gasteiger partial charge >= 0.3 is 0 Å². The topological polar surface area (TPSA) is 22.8 Å². The van der Waals surface area contributed by atoms with Gasteiger partial charge in [0.25, 0.3) is 0 Å². The maximum atomic E-state index is 5.13. The van der Waals surface area contributed by atoms with Crippen molar-refractivity contribution in [1.29, 1.82) is 0 Å². The largest absolute Gasteiger partial charge is 0.337 e. The van der Waals surface area contributed by atoms with Crippen molar-refractivity contribution in [1.82, 2.24) is 14.1 Å². The lowest BCUT2D eigenvalue weighted by Crippen LogP contribution is -1.98. The molecule has 0 radical (unpaired) electrons. The number of hydrogen-bond donors (Lipinski definition) is 0. The fourth-order valence-corrected chi connectivity index (χ4v) is 5.84. The van der Waals surface area contributed by atoms with E-state index in [0.717, 1.165) is 17.1 Å². The lowest BCUT2D eigenvalue weighted by Gasteiger charge is -2.09. The van der Waals surface area contributed by atoms with Crippen molar-refractivity contribution >= 4 is 43.6 Å². The zero-order chi connectivity index (χ0) is 22.9. The molecule has 1 aliphatic rings. The van der Waals surface area contributed by atoms with Crippen LogP contribution in [0.2, 0.25) is 0 Å². The molecule has 7 aromatic rings. The van der Waals surface area contributed by atoms with E-state index in [-0.39, 0.29) is 0 Å². The Morgan fingerprint density at radius 2 is 1.20 bits per heavy atom. The van der Waals surface area contributed by atoms with Crippen molar-refractivity contribution in [3.05, 3.63) is 109 Å². The van der Waals surface area contributed by atoms with E-state index < -0.39 is 0 Å². The van der Waals surface area contributed by atoms with E-state index in [1.165, 1.54) is 56.5 Å². The van der Waals surface area contributed by atoms with E-state index in [0.29, 0.717) is 6.04 Å². The average Bonchev–Trinajstić information content (AvgIpc) is 3.62. The zero-order valence-corrected chi connectivity index (χ0v) is 19.2. The van der Waals surface area contributed by atoms with Crippen LogP contribution in [0.3, 0.4) is 0 Å². The maximum absolute atomic E-state index is 5.13. The summed E-state index contributed by atoms with van der Waals surface area (Å²) in [6.45, 7) is 0. The molecule has 3 heterocycles. The van der Waals surface area contributed by atoms with Crippen LogP contribution in [0.15, 0.2) is 109 Å². The first-order valence-corrected chi connectivity index (χ1v) is 12.4. The highest BCUT2D eigenvalue weighted by Gasteiger charge is 2.28. The van der Waals surface area contributed by atoms with Crippen LogP contribution in [0.1, 0.15) is 18.9 Å². The van der Waals surface area contributed by atoms with Gasteiger partial charge in [-0.1, -0.05) is 72.8 Å². The highest BCUT2D eigenvalue weighted by atomic mass is 15.1. The summed E-state index contributed by atoms with van der Waals surface area (Å²) >= 11 is 0. The number of pyridine rings is 1. The molecular formula is C32H23N3. The lowest BCUT2D eigenvalue weighted by molar-refractivity contribution is 0.805. The van der Waals surface area contributed by atoms with E-state index in [1.807, 2.05) is 6.07 Å². The molecule has 0 N–H and O–H groups in total. The zero-order valence-electron chi connectivity index (χ0n) is 19.2. The molecule has 3 heteroatoms. The molecule has 3 aromatic heterocycles. The number of para-hydroxylation sites is 2. The van der Waals surface area contributed by atoms with Crippen LogP contribution in [-0.2, 0) is 0 Å². The summed E-state index contributed by atoms with van der Waals surface area (Å²) in [6.07, 6.45) is 2.54. The monoisotopic (exact) mass is 449 g/mol. The van der Waals surface area contributed by atoms with Crippen molar-refractivity contribution in [3.63, 3.8) is 0 Å². The lowest BCUT2D eigenvalue weighted by atomic mass is 10.1. The number of aromatic nitrogens is 3. The second-order valence-corrected chi connectivity index (χ2v) is 9.57. The number of benzene rings is 4. The normalized spacial score (nSPS) is 13.9. The summed E-state index contributed by atoms with van der Waals surface area (Å²) in [7, 11) is 0. The fourth-order valence-electron chi connectivity index (χ4n) is 5.84. The Balaban J connectivity index is 1.51. The van der Waals surface area contributed by atoms with E-state index in [9.17, 15) is 0 Å². The van der Waals surface area contributed by atoms with Crippen molar-refractivity contribution in [2.24, 2.45) is 0 Å². The van der Waals surface area contributed by atoms with Crippen molar-refractivity contribution in [3.8, 4) is 17.1 Å². The quantitative estimate of drug-likeness (QED) is 0.266. The predicted molar refractivity (Wildman–Crippen MR) is 145 cm³/mol. The van der Waals surface area contributed by atoms with Crippen LogP contribution < -0.4 is 0 Å². The van der Waals surface area contributed by atoms with Crippen LogP contribution in [0.5, 0.6) is 0 Å². The van der Waals surface area contributed by atoms with Gasteiger partial charge in [-0.25, -0.2) is 4.98 Å². The van der Waals surface area contributed by atoms with Crippen LogP contribution in [-0.4, -0.2) is 14.1 Å². The second-order valence-electron chi connectivity index (χ2n) is 9.57. The molecule has 4 aromatic carbocycles. The highest BCUT2D eigenvalue weighted by molar-refractivity contribution is 6.28. The molecule has 1 fully saturated rings. The smallest absolute Gasteiger partial charge is 0.138 e. The SMILES string of the molecule is c1ccc(-c2cccc(-n3c4ccccc4c4c5c6ccccc6n(C6CC6)c5ccc43)n2)cc1. The van der Waals surface area contributed by atoms with Crippen molar-refractivity contribution in [2.75, 3.05) is 0 Å². The van der Waals surface area contributed by atoms with E-state index in [4.69, 9.17) is 4.98 Å². The molecular weight excluding hydrogens is 426 g/mol. The van der Waals surface area contributed by atoms with Crippen LogP contribution in [0.4, 0.5) is 0 Å². The summed E-state index contributed by atoms with van der Waals surface area (Å²) in [5, 5.41) is 5.30. The predicted octanol–water partition coefficient (Wildman–Crippen LogP) is 8.29. The number of hydrogen-bond acceptors (Lipinski definition) is 1. The Morgan fingerprint density at radius 1 is 0.543 bits per heavy atom. The Labute approximate surface area is 202 Å². The number of nitrogens with zero attached hydrogens (tertiary/aromatic N) is 3. The summed E-state index contributed by atoms with van der Waals surface area (Å²) < 4.78 is 4.91. The molecule has 0 bridgehead atoms. The van der Waals surface area contributed by atoms with Gasteiger partial charge in [0.1, 0.15) is 5.82 Å². The maximum Gasteiger partial charge on any atom is 0.138 e. The summed E-state index contributed by atoms with van der Waals surface area (Å²) in [5.74, 6) is 0.947. The minimum atomic E-state index is 0.618. The highest BCUT2D eigenvalue weighted by Crippen LogP contribution is 2.46. The van der Waals surface area contributed by atoms with Gasteiger partial charge in [-0.05, 0) is 49.2 Å². The first kappa shape index (κ1) is 19.0. The van der Waals surface area contributed by atoms with Gasteiger partial charge in [0, 0.05) is 38.7 Å².